The van der Waals surface area contributed by atoms with E-state index < -0.39 is 0 Å². The first-order valence-electron chi connectivity index (χ1n) is 4.93. The first-order chi connectivity index (χ1) is 5.91. The van der Waals surface area contributed by atoms with E-state index in [1.165, 1.54) is 43.6 Å². The van der Waals surface area contributed by atoms with Crippen LogP contribution in [-0.4, -0.2) is 11.5 Å². The number of hydrogen-bond acceptors (Lipinski definition) is 1. The minimum absolute atomic E-state index is 0.960. The number of unbranched alkanes of at least 4 members (excludes halogenated alkanes) is 4. The Balaban J connectivity index is 2.78. The Labute approximate surface area is 81.5 Å². The molecule has 0 atom stereocenters. The molecule has 0 aromatic carbocycles. The second-order valence-corrected chi connectivity index (χ2v) is 4.21. The molecule has 12 heavy (non-hydrogen) atoms. The first-order valence-corrected chi connectivity index (χ1v) is 6.08. The Kier molecular flexibility index (Phi) is 10.8. The van der Waals surface area contributed by atoms with Gasteiger partial charge in [-0.25, -0.2) is 0 Å². The van der Waals surface area contributed by atoms with Gasteiger partial charge in [-0.3, -0.25) is 0 Å². The molecule has 0 nitrogen and oxygen atoms in total. The maximum Gasteiger partial charge on any atom is 0.00860 e. The van der Waals surface area contributed by atoms with Gasteiger partial charge in [-0.15, -0.1) is 12.3 Å². The fourth-order valence-corrected chi connectivity index (χ4v) is 1.93. The predicted molar refractivity (Wildman–Crippen MR) is 59.5 cm³/mol. The molecule has 0 aromatic heterocycles. The molecule has 0 fully saturated rings. The second-order valence-electron chi connectivity index (χ2n) is 2.98. The van der Waals surface area contributed by atoms with Crippen molar-refractivity contribution in [2.45, 2.75) is 45.4 Å². The van der Waals surface area contributed by atoms with Gasteiger partial charge in [0.2, 0.25) is 0 Å². The average Bonchev–Trinajstić information content (AvgIpc) is 2.10. The number of rotatable bonds is 8. The zero-order chi connectivity index (χ0) is 9.07. The summed E-state index contributed by atoms with van der Waals surface area (Å²) in [6, 6.07) is 0. The zero-order valence-corrected chi connectivity index (χ0v) is 8.96. The van der Waals surface area contributed by atoms with E-state index in [4.69, 9.17) is 6.42 Å². The summed E-state index contributed by atoms with van der Waals surface area (Å²) in [6.45, 7) is 2.24. The fraction of sp³-hybridized carbons (Fsp3) is 0.818. The van der Waals surface area contributed by atoms with Crippen molar-refractivity contribution >= 4 is 11.8 Å². The molecule has 0 amide bonds. The third kappa shape index (κ3) is 9.91. The maximum absolute atomic E-state index is 5.15. The maximum atomic E-state index is 5.15. The van der Waals surface area contributed by atoms with Crippen LogP contribution in [0.1, 0.15) is 45.4 Å². The molecule has 0 aliphatic heterocycles. The molecule has 1 heteroatoms. The molecule has 0 saturated heterocycles. The van der Waals surface area contributed by atoms with E-state index in [-0.39, 0.29) is 0 Å². The highest BCUT2D eigenvalue weighted by molar-refractivity contribution is 7.99. The number of thioether (sulfide) groups is 1. The molecule has 0 bridgehead atoms. The standard InChI is InChI=1S/C11H20S/c1-3-5-6-7-8-9-11-12-10-4-2/h1H,4-11H2,2H3. The summed E-state index contributed by atoms with van der Waals surface area (Å²) >= 11 is 2.08. The summed E-state index contributed by atoms with van der Waals surface area (Å²) in [5.74, 6) is 5.33. The average molecular weight is 184 g/mol. The third-order valence-electron chi connectivity index (χ3n) is 1.71. The van der Waals surface area contributed by atoms with Crippen molar-refractivity contribution < 1.29 is 0 Å². The molecule has 0 radical (unpaired) electrons. The van der Waals surface area contributed by atoms with Crippen LogP contribution in [0.3, 0.4) is 0 Å². The van der Waals surface area contributed by atoms with E-state index in [1.807, 2.05) is 0 Å². The smallest absolute Gasteiger partial charge is 0.00860 e. The molecule has 0 unspecified atom stereocenters. The van der Waals surface area contributed by atoms with Crippen molar-refractivity contribution in [3.05, 3.63) is 0 Å². The van der Waals surface area contributed by atoms with Crippen LogP contribution in [0, 0.1) is 12.3 Å². The van der Waals surface area contributed by atoms with E-state index in [9.17, 15) is 0 Å². The largest absolute Gasteiger partial charge is 0.162 e. The Bertz CT molecular complexity index is 113. The van der Waals surface area contributed by atoms with Crippen LogP contribution in [0.25, 0.3) is 0 Å². The number of hydrogen-bond donors (Lipinski definition) is 0. The third-order valence-corrected chi connectivity index (χ3v) is 2.98. The molecule has 0 aliphatic rings. The molecule has 0 saturated carbocycles. The molecule has 0 heterocycles. The molecule has 0 spiro atoms. The van der Waals surface area contributed by atoms with Gasteiger partial charge in [0.1, 0.15) is 0 Å². The van der Waals surface area contributed by atoms with Gasteiger partial charge in [0.15, 0.2) is 0 Å². The minimum Gasteiger partial charge on any atom is -0.162 e. The molecular formula is C11H20S. The van der Waals surface area contributed by atoms with Crippen molar-refractivity contribution in [1.29, 1.82) is 0 Å². The fourth-order valence-electron chi connectivity index (χ4n) is 1.03. The van der Waals surface area contributed by atoms with E-state index in [0.29, 0.717) is 0 Å². The van der Waals surface area contributed by atoms with Crippen LogP contribution in [0.2, 0.25) is 0 Å². The Morgan fingerprint density at radius 2 is 1.83 bits per heavy atom. The Morgan fingerprint density at radius 3 is 2.50 bits per heavy atom. The Hall–Kier alpha value is -0.0900. The molecule has 0 aliphatic carbocycles. The van der Waals surface area contributed by atoms with Gasteiger partial charge < -0.3 is 0 Å². The molecule has 0 rings (SSSR count). The van der Waals surface area contributed by atoms with Gasteiger partial charge in [-0.05, 0) is 30.8 Å². The number of terminal acetylenes is 1. The van der Waals surface area contributed by atoms with Crippen molar-refractivity contribution in [3.63, 3.8) is 0 Å². The van der Waals surface area contributed by atoms with Crippen LogP contribution < -0.4 is 0 Å². The summed E-state index contributed by atoms with van der Waals surface area (Å²) < 4.78 is 0. The van der Waals surface area contributed by atoms with Gasteiger partial charge >= 0.3 is 0 Å². The van der Waals surface area contributed by atoms with Gasteiger partial charge in [-0.1, -0.05) is 19.8 Å². The van der Waals surface area contributed by atoms with E-state index in [2.05, 4.69) is 24.6 Å². The topological polar surface area (TPSA) is 0 Å². The van der Waals surface area contributed by atoms with Crippen molar-refractivity contribution in [3.8, 4) is 12.3 Å². The molecule has 0 N–H and O–H groups in total. The summed E-state index contributed by atoms with van der Waals surface area (Å²) in [5.41, 5.74) is 0. The summed E-state index contributed by atoms with van der Waals surface area (Å²) in [6.07, 6.45) is 12.7. The normalized spacial score (nSPS) is 9.67. The van der Waals surface area contributed by atoms with Crippen LogP contribution >= 0.6 is 11.8 Å². The SMILES string of the molecule is C#CCCCCCCSCCC. The van der Waals surface area contributed by atoms with Crippen LogP contribution in [0.4, 0.5) is 0 Å². The van der Waals surface area contributed by atoms with Gasteiger partial charge in [-0.2, -0.15) is 11.8 Å². The van der Waals surface area contributed by atoms with Crippen molar-refractivity contribution in [1.82, 2.24) is 0 Å². The van der Waals surface area contributed by atoms with E-state index >= 15 is 0 Å². The summed E-state index contributed by atoms with van der Waals surface area (Å²) in [5, 5.41) is 0. The lowest BCUT2D eigenvalue weighted by atomic mass is 10.2. The van der Waals surface area contributed by atoms with Crippen molar-refractivity contribution in [2.24, 2.45) is 0 Å². The summed E-state index contributed by atoms with van der Waals surface area (Å²) in [4.78, 5) is 0. The lowest BCUT2D eigenvalue weighted by molar-refractivity contribution is 0.683. The lowest BCUT2D eigenvalue weighted by Gasteiger charge is -1.99. The van der Waals surface area contributed by atoms with E-state index in [0.717, 1.165) is 6.42 Å². The molecular weight excluding hydrogens is 164 g/mol. The highest BCUT2D eigenvalue weighted by Gasteiger charge is 1.89. The highest BCUT2D eigenvalue weighted by atomic mass is 32.2. The van der Waals surface area contributed by atoms with Crippen LogP contribution in [0.5, 0.6) is 0 Å². The molecule has 70 valence electrons. The highest BCUT2D eigenvalue weighted by Crippen LogP contribution is 2.09. The van der Waals surface area contributed by atoms with Crippen molar-refractivity contribution in [2.75, 3.05) is 11.5 Å². The van der Waals surface area contributed by atoms with Gasteiger partial charge in [0.25, 0.3) is 0 Å². The monoisotopic (exact) mass is 184 g/mol. The summed E-state index contributed by atoms with van der Waals surface area (Å²) in [7, 11) is 0. The molecule has 0 aromatic rings. The van der Waals surface area contributed by atoms with Gasteiger partial charge in [0.05, 0.1) is 0 Å². The first kappa shape index (κ1) is 11.9. The predicted octanol–water partition coefficient (Wildman–Crippen LogP) is 3.71. The minimum atomic E-state index is 0.960. The zero-order valence-electron chi connectivity index (χ0n) is 8.14. The second kappa shape index (κ2) is 10.9. The Morgan fingerprint density at radius 1 is 1.08 bits per heavy atom. The van der Waals surface area contributed by atoms with Crippen LogP contribution in [-0.2, 0) is 0 Å². The quantitative estimate of drug-likeness (QED) is 0.409. The van der Waals surface area contributed by atoms with Crippen LogP contribution in [0.15, 0.2) is 0 Å². The van der Waals surface area contributed by atoms with Gasteiger partial charge in [0, 0.05) is 6.42 Å². The van der Waals surface area contributed by atoms with E-state index in [1.54, 1.807) is 0 Å². The lowest BCUT2D eigenvalue weighted by Crippen LogP contribution is -1.83.